The lowest BCUT2D eigenvalue weighted by Gasteiger charge is -2.18. The molecule has 2 aromatic heterocycles. The summed E-state index contributed by atoms with van der Waals surface area (Å²) in [6, 6.07) is -0.521. The highest BCUT2D eigenvalue weighted by molar-refractivity contribution is 7.09. The van der Waals surface area contributed by atoms with Crippen molar-refractivity contribution in [3.8, 4) is 0 Å². The fourth-order valence-corrected chi connectivity index (χ4v) is 2.93. The largest absolute Gasteiger partial charge is 0.346 e. The van der Waals surface area contributed by atoms with E-state index in [1.165, 1.54) is 0 Å². The molecule has 0 aromatic carbocycles. The number of rotatable bonds is 6. The third-order valence-corrected chi connectivity index (χ3v) is 4.29. The number of thiazole rings is 1. The number of hydrogen-bond donors (Lipinski definition) is 2. The van der Waals surface area contributed by atoms with Gasteiger partial charge in [-0.1, -0.05) is 6.92 Å². The minimum Gasteiger partial charge on any atom is -0.346 e. The highest BCUT2D eigenvalue weighted by Crippen LogP contribution is 2.18. The second-order valence-electron chi connectivity index (χ2n) is 4.92. The van der Waals surface area contributed by atoms with E-state index >= 15 is 0 Å². The van der Waals surface area contributed by atoms with Crippen LogP contribution in [0.1, 0.15) is 42.2 Å². The first-order valence-corrected chi connectivity index (χ1v) is 7.83. The van der Waals surface area contributed by atoms with E-state index in [-0.39, 0.29) is 36.8 Å². The Morgan fingerprint density at radius 1 is 1.43 bits per heavy atom. The molecule has 0 saturated heterocycles. The smallest absolute Gasteiger partial charge is 0.242 e. The highest BCUT2D eigenvalue weighted by Gasteiger charge is 2.22. The monoisotopic (exact) mass is 379 g/mol. The number of aryl methyl sites for hydroxylation is 2. The second kappa shape index (κ2) is 9.87. The van der Waals surface area contributed by atoms with Crippen LogP contribution in [-0.2, 0) is 18.3 Å². The first-order valence-electron chi connectivity index (χ1n) is 6.95. The van der Waals surface area contributed by atoms with Crippen LogP contribution in [0.5, 0.6) is 0 Å². The molecule has 0 fully saturated rings. The van der Waals surface area contributed by atoms with Crippen molar-refractivity contribution in [1.29, 1.82) is 0 Å². The van der Waals surface area contributed by atoms with E-state index in [1.807, 2.05) is 25.5 Å². The van der Waals surface area contributed by atoms with Gasteiger partial charge in [0.1, 0.15) is 6.04 Å². The van der Waals surface area contributed by atoms with Crippen molar-refractivity contribution in [1.82, 2.24) is 25.4 Å². The number of nitrogens with one attached hydrogen (secondary N) is 2. The van der Waals surface area contributed by atoms with E-state index in [9.17, 15) is 4.79 Å². The fraction of sp³-hybridized carbons (Fsp3) is 0.500. The van der Waals surface area contributed by atoms with Gasteiger partial charge in [-0.15, -0.1) is 36.2 Å². The Kier molecular flexibility index (Phi) is 9.38. The van der Waals surface area contributed by atoms with Crippen molar-refractivity contribution in [3.63, 3.8) is 0 Å². The lowest BCUT2D eigenvalue weighted by molar-refractivity contribution is -0.123. The number of carbonyl (C=O) groups is 1. The fourth-order valence-electron chi connectivity index (χ4n) is 2.10. The Morgan fingerprint density at radius 2 is 2.13 bits per heavy atom. The number of carbonyl (C=O) groups excluding carboxylic acids is 1. The van der Waals surface area contributed by atoms with Gasteiger partial charge in [0, 0.05) is 24.2 Å². The third-order valence-electron chi connectivity index (χ3n) is 3.28. The van der Waals surface area contributed by atoms with E-state index in [0.29, 0.717) is 0 Å². The molecule has 23 heavy (non-hydrogen) atoms. The molecule has 2 atom stereocenters. The molecule has 2 heterocycles. The van der Waals surface area contributed by atoms with Gasteiger partial charge in [-0.3, -0.25) is 9.48 Å². The Hall–Kier alpha value is -1.15. The Bertz CT molecular complexity index is 616. The van der Waals surface area contributed by atoms with Crippen LogP contribution in [0.4, 0.5) is 0 Å². The molecule has 0 aliphatic heterocycles. The first-order chi connectivity index (χ1) is 10.0. The number of hydrogen-bond acceptors (Lipinski definition) is 5. The van der Waals surface area contributed by atoms with E-state index in [0.717, 1.165) is 22.7 Å². The number of likely N-dealkylation sites (N-methyl/N-ethyl adjacent to an activating group) is 1. The molecule has 6 nitrogen and oxygen atoms in total. The van der Waals surface area contributed by atoms with Gasteiger partial charge in [0.2, 0.25) is 5.91 Å². The van der Waals surface area contributed by atoms with Crippen LogP contribution in [-0.4, -0.2) is 27.7 Å². The topological polar surface area (TPSA) is 71.8 Å². The van der Waals surface area contributed by atoms with Gasteiger partial charge < -0.3 is 10.6 Å². The Morgan fingerprint density at radius 3 is 2.61 bits per heavy atom. The zero-order valence-electron chi connectivity index (χ0n) is 13.6. The third kappa shape index (κ3) is 5.46. The number of nitrogens with zero attached hydrogens (tertiary/aromatic N) is 3. The second-order valence-corrected chi connectivity index (χ2v) is 5.86. The lowest BCUT2D eigenvalue weighted by atomic mass is 10.1. The molecule has 9 heteroatoms. The molecular formula is C14H23Cl2N5OS. The summed E-state index contributed by atoms with van der Waals surface area (Å²) >= 11 is 1.63. The van der Waals surface area contributed by atoms with Crippen molar-refractivity contribution < 1.29 is 4.79 Å². The minimum atomic E-state index is -0.412. The van der Waals surface area contributed by atoms with Crippen molar-refractivity contribution in [2.24, 2.45) is 7.05 Å². The highest BCUT2D eigenvalue weighted by atomic mass is 35.5. The van der Waals surface area contributed by atoms with E-state index in [2.05, 4.69) is 27.6 Å². The molecule has 2 rings (SSSR count). The standard InChI is InChI=1S/C14H21N5OS.2ClH/c1-5-12-18-11(8-21-12)9(2)17-14(20)13(15-3)10-6-16-19(4)7-10;;/h6-9,13,15H,5H2,1-4H3,(H,17,20);2*1H. The van der Waals surface area contributed by atoms with Crippen molar-refractivity contribution in [2.45, 2.75) is 32.4 Å². The summed E-state index contributed by atoms with van der Waals surface area (Å²) in [6.07, 6.45) is 4.45. The van der Waals surface area contributed by atoms with Gasteiger partial charge in [-0.2, -0.15) is 5.10 Å². The zero-order valence-corrected chi connectivity index (χ0v) is 16.0. The molecule has 0 spiro atoms. The van der Waals surface area contributed by atoms with Gasteiger partial charge in [0.15, 0.2) is 0 Å². The molecule has 1 amide bonds. The molecule has 0 aliphatic rings. The van der Waals surface area contributed by atoms with Crippen molar-refractivity contribution in [2.75, 3.05) is 7.05 Å². The summed E-state index contributed by atoms with van der Waals surface area (Å²) in [5.41, 5.74) is 1.75. The van der Waals surface area contributed by atoms with Crippen LogP contribution in [0.15, 0.2) is 17.8 Å². The predicted octanol–water partition coefficient (Wildman–Crippen LogP) is 2.42. The van der Waals surface area contributed by atoms with Crippen LogP contribution in [0.2, 0.25) is 0 Å². The molecule has 0 aliphatic carbocycles. The average molecular weight is 380 g/mol. The Balaban J connectivity index is 0.00000242. The maximum Gasteiger partial charge on any atom is 0.242 e. The van der Waals surface area contributed by atoms with Crippen molar-refractivity contribution in [3.05, 3.63) is 34.0 Å². The molecule has 130 valence electrons. The van der Waals surface area contributed by atoms with Gasteiger partial charge >= 0.3 is 0 Å². The lowest BCUT2D eigenvalue weighted by Crippen LogP contribution is -2.37. The van der Waals surface area contributed by atoms with Crippen LogP contribution in [0.3, 0.4) is 0 Å². The number of amides is 1. The Labute approximate surface area is 152 Å². The molecule has 0 saturated carbocycles. The van der Waals surface area contributed by atoms with Gasteiger partial charge in [0.05, 0.1) is 22.9 Å². The zero-order chi connectivity index (χ0) is 15.4. The number of aromatic nitrogens is 3. The molecule has 0 bridgehead atoms. The normalized spacial score (nSPS) is 12.7. The molecular weight excluding hydrogens is 357 g/mol. The maximum atomic E-state index is 12.4. The molecule has 0 radical (unpaired) electrons. The van der Waals surface area contributed by atoms with Crippen LogP contribution < -0.4 is 10.6 Å². The van der Waals surface area contributed by atoms with Crippen LogP contribution in [0.25, 0.3) is 0 Å². The van der Waals surface area contributed by atoms with Gasteiger partial charge in [0.25, 0.3) is 0 Å². The summed E-state index contributed by atoms with van der Waals surface area (Å²) in [5, 5.41) is 13.2. The van der Waals surface area contributed by atoms with Gasteiger partial charge in [-0.05, 0) is 20.4 Å². The maximum absolute atomic E-state index is 12.4. The number of halogens is 2. The first kappa shape index (κ1) is 21.9. The average Bonchev–Trinajstić information content (AvgIpc) is 3.08. The molecule has 2 aromatic rings. The van der Waals surface area contributed by atoms with Gasteiger partial charge in [-0.25, -0.2) is 4.98 Å². The summed E-state index contributed by atoms with van der Waals surface area (Å²) in [7, 11) is 3.60. The SMILES string of the molecule is CCc1nc(C(C)NC(=O)C(NC)c2cnn(C)c2)cs1.Cl.Cl. The summed E-state index contributed by atoms with van der Waals surface area (Å²) in [6.45, 7) is 4.02. The van der Waals surface area contributed by atoms with Crippen molar-refractivity contribution >= 4 is 42.1 Å². The summed E-state index contributed by atoms with van der Waals surface area (Å²) in [5.74, 6) is -0.0796. The minimum absolute atomic E-state index is 0. The van der Waals surface area contributed by atoms with E-state index in [4.69, 9.17) is 0 Å². The van der Waals surface area contributed by atoms with Crippen LogP contribution in [0, 0.1) is 0 Å². The van der Waals surface area contributed by atoms with E-state index in [1.54, 1.807) is 29.3 Å². The predicted molar refractivity (Wildman–Crippen MR) is 97.6 cm³/mol. The summed E-state index contributed by atoms with van der Waals surface area (Å²) < 4.78 is 1.68. The quantitative estimate of drug-likeness (QED) is 0.808. The van der Waals surface area contributed by atoms with E-state index < -0.39 is 6.04 Å². The molecule has 2 N–H and O–H groups in total. The molecule has 2 unspecified atom stereocenters. The van der Waals surface area contributed by atoms with Crippen LogP contribution >= 0.6 is 36.2 Å². The summed E-state index contributed by atoms with van der Waals surface area (Å²) in [4.78, 5) is 16.9.